The molecular weight excluding hydrogens is 689 g/mol. The lowest BCUT2D eigenvalue weighted by Gasteiger charge is -2.16. The predicted octanol–water partition coefficient (Wildman–Crippen LogP) is 13.4. The standard InChI is InChI=1S/C50H32N4S/c1-2-13-33(14-3-1)34-24-26-35(27-25-34)43-32-44(52-50(51-43)49-23-12-28-55-49)36-29-37(53-45-19-8-4-15-39(45)40-16-5-9-20-46(40)53)31-38(30-36)54-47-21-10-6-17-41(47)42-18-7-11-22-48(42)54/h1-32H. The van der Waals surface area contributed by atoms with Gasteiger partial charge in [0, 0.05) is 44.0 Å². The molecule has 0 spiro atoms. The first kappa shape index (κ1) is 31.4. The molecule has 4 aromatic heterocycles. The normalized spacial score (nSPS) is 11.6. The van der Waals surface area contributed by atoms with E-state index in [1.165, 1.54) is 32.7 Å². The summed E-state index contributed by atoms with van der Waals surface area (Å²) in [5.74, 6) is 0.718. The maximum atomic E-state index is 5.31. The van der Waals surface area contributed by atoms with Crippen LogP contribution in [0.15, 0.2) is 193 Å². The van der Waals surface area contributed by atoms with Crippen LogP contribution in [0.1, 0.15) is 0 Å². The lowest BCUT2D eigenvalue weighted by Crippen LogP contribution is -2.01. The average molecular weight is 721 g/mol. The van der Waals surface area contributed by atoms with Gasteiger partial charge in [0.2, 0.25) is 0 Å². The van der Waals surface area contributed by atoms with E-state index < -0.39 is 0 Å². The smallest absolute Gasteiger partial charge is 0.170 e. The summed E-state index contributed by atoms with van der Waals surface area (Å²) in [6.45, 7) is 0. The van der Waals surface area contributed by atoms with E-state index >= 15 is 0 Å². The van der Waals surface area contributed by atoms with Gasteiger partial charge >= 0.3 is 0 Å². The number of thiophene rings is 1. The SMILES string of the molecule is c1ccc(-c2ccc(-c3cc(-c4cc(-n5c6ccccc6c6ccccc65)cc(-n5c6ccccc6c6ccccc65)c4)nc(-c4cccs4)n3)cc2)cc1. The molecule has 258 valence electrons. The molecule has 0 amide bonds. The van der Waals surface area contributed by atoms with Gasteiger partial charge in [-0.05, 0) is 71.1 Å². The molecule has 0 unspecified atom stereocenters. The Morgan fingerprint density at radius 3 is 1.27 bits per heavy atom. The number of aromatic nitrogens is 4. The second kappa shape index (κ2) is 12.8. The largest absolute Gasteiger partial charge is 0.309 e. The molecule has 7 aromatic carbocycles. The summed E-state index contributed by atoms with van der Waals surface area (Å²) in [6.07, 6.45) is 0. The van der Waals surface area contributed by atoms with Gasteiger partial charge in [-0.2, -0.15) is 0 Å². The minimum atomic E-state index is 0.718. The van der Waals surface area contributed by atoms with Gasteiger partial charge in [-0.3, -0.25) is 0 Å². The second-order valence-corrected chi connectivity index (χ2v) is 14.8. The van der Waals surface area contributed by atoms with E-state index in [9.17, 15) is 0 Å². The van der Waals surface area contributed by atoms with Gasteiger partial charge in [-0.25, -0.2) is 9.97 Å². The second-order valence-electron chi connectivity index (χ2n) is 13.9. The molecule has 5 heteroatoms. The molecule has 4 nitrogen and oxygen atoms in total. The lowest BCUT2D eigenvalue weighted by molar-refractivity contribution is 1.13. The maximum Gasteiger partial charge on any atom is 0.170 e. The highest BCUT2D eigenvalue weighted by molar-refractivity contribution is 7.13. The number of rotatable bonds is 6. The Morgan fingerprint density at radius 1 is 0.345 bits per heavy atom. The highest BCUT2D eigenvalue weighted by atomic mass is 32.1. The van der Waals surface area contributed by atoms with E-state index in [0.29, 0.717) is 0 Å². The van der Waals surface area contributed by atoms with E-state index in [-0.39, 0.29) is 0 Å². The Morgan fingerprint density at radius 2 is 0.782 bits per heavy atom. The van der Waals surface area contributed by atoms with Crippen LogP contribution in [0.25, 0.3) is 99.3 Å². The van der Waals surface area contributed by atoms with Crippen LogP contribution >= 0.6 is 11.3 Å². The van der Waals surface area contributed by atoms with Gasteiger partial charge in [-0.1, -0.05) is 133 Å². The number of fused-ring (bicyclic) bond motifs is 6. The Labute approximate surface area is 321 Å². The summed E-state index contributed by atoms with van der Waals surface area (Å²) in [5.41, 5.74) is 13.0. The first-order valence-corrected chi connectivity index (χ1v) is 19.4. The van der Waals surface area contributed by atoms with E-state index in [1.807, 2.05) is 0 Å². The Bertz CT molecular complexity index is 2950. The molecule has 0 atom stereocenters. The van der Waals surface area contributed by atoms with Gasteiger partial charge in [-0.15, -0.1) is 11.3 Å². The predicted molar refractivity (Wildman–Crippen MR) is 230 cm³/mol. The average Bonchev–Trinajstić information content (AvgIpc) is 4.00. The Balaban J connectivity index is 1.18. The summed E-state index contributed by atoms with van der Waals surface area (Å²) < 4.78 is 4.80. The zero-order valence-electron chi connectivity index (χ0n) is 29.7. The summed E-state index contributed by atoms with van der Waals surface area (Å²) in [5, 5.41) is 6.99. The molecule has 0 aliphatic heterocycles. The third-order valence-electron chi connectivity index (χ3n) is 10.6. The van der Waals surface area contributed by atoms with Crippen molar-refractivity contribution in [2.45, 2.75) is 0 Å². The molecule has 0 aliphatic carbocycles. The molecule has 0 saturated heterocycles. The third kappa shape index (κ3) is 5.28. The minimum absolute atomic E-state index is 0.718. The fraction of sp³-hybridized carbons (Fsp3) is 0. The Hall–Kier alpha value is -7.08. The number of benzene rings is 7. The topological polar surface area (TPSA) is 35.6 Å². The van der Waals surface area contributed by atoms with Crippen molar-refractivity contribution in [3.05, 3.63) is 193 Å². The highest BCUT2D eigenvalue weighted by Crippen LogP contribution is 2.39. The van der Waals surface area contributed by atoms with Crippen molar-refractivity contribution in [3.63, 3.8) is 0 Å². The molecule has 4 heterocycles. The zero-order valence-corrected chi connectivity index (χ0v) is 30.5. The molecule has 55 heavy (non-hydrogen) atoms. The molecule has 0 radical (unpaired) electrons. The fourth-order valence-corrected chi connectivity index (χ4v) is 8.78. The molecular formula is C50H32N4S. The molecule has 11 rings (SSSR count). The fourth-order valence-electron chi connectivity index (χ4n) is 8.13. The van der Waals surface area contributed by atoms with Crippen molar-refractivity contribution in [3.8, 4) is 55.7 Å². The van der Waals surface area contributed by atoms with Gasteiger partial charge in [0.25, 0.3) is 0 Å². The summed E-state index contributed by atoms with van der Waals surface area (Å²) in [7, 11) is 0. The van der Waals surface area contributed by atoms with Crippen molar-refractivity contribution in [1.29, 1.82) is 0 Å². The molecule has 0 bridgehead atoms. The first-order chi connectivity index (χ1) is 27.3. The summed E-state index contributed by atoms with van der Waals surface area (Å²) in [6, 6.07) is 67.2. The molecule has 0 aliphatic rings. The van der Waals surface area contributed by atoms with Crippen LogP contribution in [-0.4, -0.2) is 19.1 Å². The van der Waals surface area contributed by atoms with Gasteiger partial charge in [0.1, 0.15) is 0 Å². The van der Waals surface area contributed by atoms with Crippen LogP contribution in [0.2, 0.25) is 0 Å². The highest BCUT2D eigenvalue weighted by Gasteiger charge is 2.19. The van der Waals surface area contributed by atoms with Crippen LogP contribution in [0.5, 0.6) is 0 Å². The van der Waals surface area contributed by atoms with Crippen molar-refractivity contribution in [2.24, 2.45) is 0 Å². The van der Waals surface area contributed by atoms with Crippen LogP contribution < -0.4 is 0 Å². The van der Waals surface area contributed by atoms with E-state index in [1.54, 1.807) is 11.3 Å². The summed E-state index contributed by atoms with van der Waals surface area (Å²) in [4.78, 5) is 11.5. The van der Waals surface area contributed by atoms with Crippen molar-refractivity contribution in [1.82, 2.24) is 19.1 Å². The minimum Gasteiger partial charge on any atom is -0.309 e. The number of hydrogen-bond donors (Lipinski definition) is 0. The van der Waals surface area contributed by atoms with E-state index in [4.69, 9.17) is 9.97 Å². The lowest BCUT2D eigenvalue weighted by atomic mass is 10.0. The van der Waals surface area contributed by atoms with Crippen LogP contribution in [0.3, 0.4) is 0 Å². The summed E-state index contributed by atoms with van der Waals surface area (Å²) >= 11 is 1.66. The van der Waals surface area contributed by atoms with Gasteiger partial charge in [0.05, 0.1) is 38.3 Å². The van der Waals surface area contributed by atoms with Crippen molar-refractivity contribution >= 4 is 54.9 Å². The van der Waals surface area contributed by atoms with E-state index in [0.717, 1.165) is 66.7 Å². The monoisotopic (exact) mass is 720 g/mol. The quantitative estimate of drug-likeness (QED) is 0.171. The van der Waals surface area contributed by atoms with Crippen LogP contribution in [0, 0.1) is 0 Å². The number of nitrogens with zero attached hydrogens (tertiary/aromatic N) is 4. The van der Waals surface area contributed by atoms with Gasteiger partial charge in [0.15, 0.2) is 5.82 Å². The molecule has 0 saturated carbocycles. The maximum absolute atomic E-state index is 5.31. The molecule has 0 N–H and O–H groups in total. The molecule has 0 fully saturated rings. The van der Waals surface area contributed by atoms with Crippen LogP contribution in [0.4, 0.5) is 0 Å². The third-order valence-corrected chi connectivity index (χ3v) is 11.5. The first-order valence-electron chi connectivity index (χ1n) is 18.5. The molecule has 11 aromatic rings. The van der Waals surface area contributed by atoms with Gasteiger partial charge < -0.3 is 9.13 Å². The van der Waals surface area contributed by atoms with Crippen molar-refractivity contribution < 1.29 is 0 Å². The number of hydrogen-bond acceptors (Lipinski definition) is 3. The van der Waals surface area contributed by atoms with Crippen LogP contribution in [-0.2, 0) is 0 Å². The Kier molecular flexibility index (Phi) is 7.32. The van der Waals surface area contributed by atoms with Crippen molar-refractivity contribution in [2.75, 3.05) is 0 Å². The van der Waals surface area contributed by atoms with E-state index in [2.05, 4.69) is 203 Å². The number of para-hydroxylation sites is 4. The zero-order chi connectivity index (χ0) is 36.3.